The predicted octanol–water partition coefficient (Wildman–Crippen LogP) is 1.22. The molecule has 0 aromatic heterocycles. The van der Waals surface area contributed by atoms with E-state index >= 15 is 0 Å². The smallest absolute Gasteiger partial charge is 0.358 e. The van der Waals surface area contributed by atoms with Crippen LogP contribution in [-0.2, 0) is 4.65 Å². The highest BCUT2D eigenvalue weighted by Gasteiger charge is 2.34. The molecule has 0 aromatic carbocycles. The highest BCUT2D eigenvalue weighted by atomic mass is 127. The Kier molecular flexibility index (Phi) is 3.65. The van der Waals surface area contributed by atoms with E-state index in [1.54, 1.807) is 0 Å². The third kappa shape index (κ3) is 2.76. The lowest BCUT2D eigenvalue weighted by molar-refractivity contribution is 0.0889. The van der Waals surface area contributed by atoms with Gasteiger partial charge in [0, 0.05) is 3.42 Å². The predicted molar refractivity (Wildman–Crippen MR) is 54.6 cm³/mol. The maximum absolute atomic E-state index is 5.36. The summed E-state index contributed by atoms with van der Waals surface area (Å²) in [5, 5.41) is 0. The Hall–Kier alpha value is 0.715. The van der Waals surface area contributed by atoms with E-state index in [9.17, 15) is 0 Å². The molecule has 0 aliphatic heterocycles. The van der Waals surface area contributed by atoms with Gasteiger partial charge in [-0.05, 0) is 27.7 Å². The first kappa shape index (κ1) is 10.7. The summed E-state index contributed by atoms with van der Waals surface area (Å²) in [7, 11) is 0.291. The number of hydrogen-bond donors (Lipinski definition) is 1. The molecule has 0 unspecified atom stereocenters. The highest BCUT2D eigenvalue weighted by Crippen LogP contribution is 2.32. The number of rotatable bonds is 3. The first-order chi connectivity index (χ1) is 4.31. The second-order valence-corrected chi connectivity index (χ2v) is 5.99. The summed E-state index contributed by atoms with van der Waals surface area (Å²) in [5.41, 5.74) is 5.14. The summed E-state index contributed by atoms with van der Waals surface area (Å²) in [6.45, 7) is 8.35. The molecule has 0 spiro atoms. The summed E-state index contributed by atoms with van der Waals surface area (Å²) in [5.74, 6) is 0. The van der Waals surface area contributed by atoms with Crippen LogP contribution in [0.15, 0.2) is 0 Å². The van der Waals surface area contributed by atoms with Crippen LogP contribution in [0.3, 0.4) is 0 Å². The number of hydrogen-bond acceptors (Lipinski definition) is 2. The van der Waals surface area contributed by atoms with E-state index in [0.717, 1.165) is 0 Å². The molecule has 2 N–H and O–H groups in total. The summed E-state index contributed by atoms with van der Waals surface area (Å²) in [4.78, 5) is 0. The van der Waals surface area contributed by atoms with Crippen molar-refractivity contribution in [1.29, 1.82) is 0 Å². The summed E-state index contributed by atoms with van der Waals surface area (Å²) >= 11 is 2.36. The van der Waals surface area contributed by atoms with Crippen LogP contribution in [0.25, 0.3) is 0 Å². The Morgan fingerprint density at radius 1 is 1.30 bits per heavy atom. The Morgan fingerprint density at radius 2 is 1.70 bits per heavy atom. The molecule has 0 bridgehead atoms. The fourth-order valence-corrected chi connectivity index (χ4v) is 0.536. The lowest BCUT2D eigenvalue weighted by Crippen LogP contribution is -2.44. The summed E-state index contributed by atoms with van der Waals surface area (Å²) in [6.07, 6.45) is 0. The van der Waals surface area contributed by atoms with Gasteiger partial charge in [0.15, 0.2) is 0 Å². The van der Waals surface area contributed by atoms with Gasteiger partial charge < -0.3 is 10.3 Å². The number of alkyl halides is 1. The second-order valence-electron chi connectivity index (χ2n) is 3.29. The third-order valence-electron chi connectivity index (χ3n) is 1.88. The van der Waals surface area contributed by atoms with E-state index < -0.39 is 0 Å². The van der Waals surface area contributed by atoms with Gasteiger partial charge in [-0.25, -0.2) is 0 Å². The molecule has 0 aromatic rings. The molecule has 0 radical (unpaired) electrons. The zero-order chi connectivity index (χ0) is 8.41. The van der Waals surface area contributed by atoms with Crippen molar-refractivity contribution in [2.75, 3.05) is 0 Å². The van der Waals surface area contributed by atoms with Crippen LogP contribution in [0.4, 0.5) is 0 Å². The first-order valence-electron chi connectivity index (χ1n) is 3.34. The van der Waals surface area contributed by atoms with Crippen LogP contribution >= 0.6 is 22.6 Å². The molecule has 0 heterocycles. The van der Waals surface area contributed by atoms with Gasteiger partial charge in [0.25, 0.3) is 0 Å². The van der Waals surface area contributed by atoms with E-state index in [-0.39, 0.29) is 9.02 Å². The fraction of sp³-hybridized carbons (Fsp3) is 1.00. The molecule has 60 valence electrons. The maximum Gasteiger partial charge on any atom is 0.358 e. The zero-order valence-electron chi connectivity index (χ0n) is 7.07. The molecular weight excluding hydrogens is 240 g/mol. The van der Waals surface area contributed by atoms with Crippen LogP contribution in [0.5, 0.6) is 0 Å². The maximum atomic E-state index is 5.36. The standard InChI is InChI=1S/C6H15BINO/c1-5(2,8)6(3,4)10-7-9/h7H,9H2,1-4H3. The number of halogens is 1. The Bertz CT molecular complexity index is 111. The third-order valence-corrected chi connectivity index (χ3v) is 3.17. The molecule has 4 heteroatoms. The largest absolute Gasteiger partial charge is 0.418 e. The van der Waals surface area contributed by atoms with Gasteiger partial charge in [-0.2, -0.15) is 0 Å². The lowest BCUT2D eigenvalue weighted by Gasteiger charge is -2.36. The van der Waals surface area contributed by atoms with Gasteiger partial charge in [0.1, 0.15) is 0 Å². The van der Waals surface area contributed by atoms with E-state index in [1.165, 1.54) is 0 Å². The van der Waals surface area contributed by atoms with E-state index in [4.69, 9.17) is 10.3 Å². The van der Waals surface area contributed by atoms with Crippen molar-refractivity contribution in [2.24, 2.45) is 5.64 Å². The zero-order valence-corrected chi connectivity index (χ0v) is 9.23. The molecular formula is C6H15BINO. The fourth-order valence-electron chi connectivity index (χ4n) is 0.380. The van der Waals surface area contributed by atoms with Gasteiger partial charge in [-0.3, -0.25) is 0 Å². The highest BCUT2D eigenvalue weighted by molar-refractivity contribution is 14.1. The summed E-state index contributed by atoms with van der Waals surface area (Å²) in [6, 6.07) is 0. The molecule has 0 saturated carbocycles. The van der Waals surface area contributed by atoms with Crippen molar-refractivity contribution >= 4 is 30.2 Å². The Morgan fingerprint density at radius 3 is 1.80 bits per heavy atom. The van der Waals surface area contributed by atoms with Crippen molar-refractivity contribution in [3.8, 4) is 0 Å². The van der Waals surface area contributed by atoms with Crippen LogP contribution < -0.4 is 5.64 Å². The van der Waals surface area contributed by atoms with Gasteiger partial charge in [0.05, 0.1) is 5.60 Å². The lowest BCUT2D eigenvalue weighted by atomic mass is 9.93. The minimum atomic E-state index is -0.150. The van der Waals surface area contributed by atoms with E-state index in [2.05, 4.69) is 36.4 Å². The molecule has 0 aliphatic carbocycles. The monoisotopic (exact) mass is 255 g/mol. The molecule has 2 nitrogen and oxygen atoms in total. The average Bonchev–Trinajstić information content (AvgIpc) is 1.61. The van der Waals surface area contributed by atoms with Gasteiger partial charge >= 0.3 is 7.62 Å². The van der Waals surface area contributed by atoms with Gasteiger partial charge in [-0.1, -0.05) is 22.6 Å². The Labute approximate surface area is 77.3 Å². The second kappa shape index (κ2) is 3.41. The van der Waals surface area contributed by atoms with Crippen molar-refractivity contribution in [3.63, 3.8) is 0 Å². The quantitative estimate of drug-likeness (QED) is 0.467. The number of nitrogens with two attached hydrogens (primary N) is 1. The molecule has 0 aliphatic rings. The Balaban J connectivity index is 4.10. The molecule has 0 atom stereocenters. The molecule has 0 rings (SSSR count). The van der Waals surface area contributed by atoms with Crippen LogP contribution in [0.1, 0.15) is 27.7 Å². The van der Waals surface area contributed by atoms with Gasteiger partial charge in [-0.15, -0.1) is 0 Å². The van der Waals surface area contributed by atoms with Gasteiger partial charge in [0.2, 0.25) is 0 Å². The van der Waals surface area contributed by atoms with E-state index in [1.807, 2.05) is 13.8 Å². The van der Waals surface area contributed by atoms with Crippen LogP contribution in [0, 0.1) is 0 Å². The minimum absolute atomic E-state index is 0.115. The van der Waals surface area contributed by atoms with E-state index in [0.29, 0.717) is 7.62 Å². The molecule has 0 amide bonds. The SMILES string of the molecule is CC(C)(I)C(C)(C)OBN. The van der Waals surface area contributed by atoms with Crippen LogP contribution in [-0.4, -0.2) is 16.6 Å². The summed E-state index contributed by atoms with van der Waals surface area (Å²) < 4.78 is 5.48. The van der Waals surface area contributed by atoms with Crippen molar-refractivity contribution in [2.45, 2.75) is 36.7 Å². The minimum Gasteiger partial charge on any atom is -0.418 e. The van der Waals surface area contributed by atoms with Crippen molar-refractivity contribution in [3.05, 3.63) is 0 Å². The molecule has 10 heavy (non-hydrogen) atoms. The van der Waals surface area contributed by atoms with Crippen LogP contribution in [0.2, 0.25) is 0 Å². The topological polar surface area (TPSA) is 35.2 Å². The average molecular weight is 255 g/mol. The normalized spacial score (nSPS) is 13.4. The van der Waals surface area contributed by atoms with Crippen molar-refractivity contribution < 1.29 is 4.65 Å². The van der Waals surface area contributed by atoms with Crippen molar-refractivity contribution in [1.82, 2.24) is 0 Å². The first-order valence-corrected chi connectivity index (χ1v) is 4.42. The molecule has 0 saturated heterocycles. The molecule has 0 fully saturated rings.